The lowest BCUT2D eigenvalue weighted by molar-refractivity contribution is -0.123. The molecule has 3 nitrogen and oxygen atoms in total. The van der Waals surface area contributed by atoms with Crippen LogP contribution in [0, 0.1) is 5.41 Å². The maximum atomic E-state index is 11.5. The Morgan fingerprint density at radius 1 is 1.18 bits per heavy atom. The van der Waals surface area contributed by atoms with Gasteiger partial charge in [-0.15, -0.1) is 0 Å². The molecule has 1 heterocycles. The topological polar surface area (TPSA) is 29.5 Å². The minimum atomic E-state index is -0.0605. The van der Waals surface area contributed by atoms with E-state index in [0.29, 0.717) is 12.2 Å². The van der Waals surface area contributed by atoms with Crippen LogP contribution in [0.1, 0.15) is 46.0 Å². The summed E-state index contributed by atoms with van der Waals surface area (Å²) >= 11 is 0. The molecule has 3 heteroatoms. The van der Waals surface area contributed by atoms with Gasteiger partial charge in [0.2, 0.25) is 0 Å². The summed E-state index contributed by atoms with van der Waals surface area (Å²) in [7, 11) is 0. The molecule has 0 spiro atoms. The molecule has 2 rings (SSSR count). The van der Waals surface area contributed by atoms with Crippen molar-refractivity contribution in [1.29, 1.82) is 0 Å². The van der Waals surface area contributed by atoms with Crippen molar-refractivity contribution in [2.75, 3.05) is 19.6 Å². The van der Waals surface area contributed by atoms with Crippen LogP contribution in [0.15, 0.2) is 0 Å². The lowest BCUT2D eigenvalue weighted by Crippen LogP contribution is -2.50. The Morgan fingerprint density at radius 3 is 2.29 bits per heavy atom. The van der Waals surface area contributed by atoms with E-state index >= 15 is 0 Å². The highest BCUT2D eigenvalue weighted by Crippen LogP contribution is 2.35. The summed E-state index contributed by atoms with van der Waals surface area (Å²) in [5.74, 6) is 0. The van der Waals surface area contributed by atoms with Gasteiger partial charge in [0.1, 0.15) is 6.29 Å². The molecule has 0 radical (unpaired) electrons. The number of hydrogen-bond acceptors (Lipinski definition) is 3. The molecule has 17 heavy (non-hydrogen) atoms. The van der Waals surface area contributed by atoms with Crippen LogP contribution in [0.2, 0.25) is 0 Å². The molecule has 98 valence electrons. The third kappa shape index (κ3) is 3.29. The number of rotatable bonds is 3. The van der Waals surface area contributed by atoms with E-state index in [0.717, 1.165) is 32.5 Å². The number of ether oxygens (including phenoxy) is 1. The molecule has 2 fully saturated rings. The van der Waals surface area contributed by atoms with Gasteiger partial charge >= 0.3 is 0 Å². The number of carbonyl (C=O) groups excluding carboxylic acids is 1. The highest BCUT2D eigenvalue weighted by atomic mass is 16.5. The molecular weight excluding hydrogens is 214 g/mol. The Balaban J connectivity index is 1.95. The Kier molecular flexibility index (Phi) is 4.21. The highest BCUT2D eigenvalue weighted by Gasteiger charge is 2.35. The SMILES string of the molecule is C[C@@H]1CN(CC2(C=O)CCCCC2)C[C@H](C)O1. The Morgan fingerprint density at radius 2 is 1.76 bits per heavy atom. The van der Waals surface area contributed by atoms with Gasteiger partial charge in [-0.1, -0.05) is 19.3 Å². The molecule has 1 aliphatic heterocycles. The molecule has 2 atom stereocenters. The zero-order chi connectivity index (χ0) is 12.3. The molecule has 0 aromatic carbocycles. The van der Waals surface area contributed by atoms with Gasteiger partial charge in [0.05, 0.1) is 12.2 Å². The van der Waals surface area contributed by atoms with Crippen molar-refractivity contribution in [2.24, 2.45) is 5.41 Å². The highest BCUT2D eigenvalue weighted by molar-refractivity contribution is 5.60. The van der Waals surface area contributed by atoms with Crippen LogP contribution in [0.4, 0.5) is 0 Å². The summed E-state index contributed by atoms with van der Waals surface area (Å²) in [5.41, 5.74) is -0.0605. The van der Waals surface area contributed by atoms with E-state index in [9.17, 15) is 4.79 Å². The van der Waals surface area contributed by atoms with Crippen molar-refractivity contribution >= 4 is 6.29 Å². The zero-order valence-corrected chi connectivity index (χ0v) is 11.2. The summed E-state index contributed by atoms with van der Waals surface area (Å²) < 4.78 is 5.74. The third-order valence-corrected chi connectivity index (χ3v) is 4.13. The quantitative estimate of drug-likeness (QED) is 0.707. The minimum absolute atomic E-state index is 0.0605. The molecule has 0 aromatic heterocycles. The molecule has 0 aromatic rings. The fourth-order valence-electron chi connectivity index (χ4n) is 3.43. The average Bonchev–Trinajstić information content (AvgIpc) is 2.29. The number of hydrogen-bond donors (Lipinski definition) is 0. The van der Waals surface area contributed by atoms with Gasteiger partial charge in [0, 0.05) is 25.0 Å². The monoisotopic (exact) mass is 239 g/mol. The second-order valence-electron chi connectivity index (χ2n) is 5.99. The summed E-state index contributed by atoms with van der Waals surface area (Å²) in [4.78, 5) is 13.9. The van der Waals surface area contributed by atoms with Crippen molar-refractivity contribution in [3.63, 3.8) is 0 Å². The van der Waals surface area contributed by atoms with E-state index in [-0.39, 0.29) is 5.41 Å². The van der Waals surface area contributed by atoms with Crippen LogP contribution in [0.5, 0.6) is 0 Å². The molecule has 0 amide bonds. The maximum absolute atomic E-state index is 11.5. The first-order chi connectivity index (χ1) is 8.13. The predicted molar refractivity (Wildman–Crippen MR) is 68.0 cm³/mol. The minimum Gasteiger partial charge on any atom is -0.373 e. The van der Waals surface area contributed by atoms with Gasteiger partial charge < -0.3 is 9.53 Å². The van der Waals surface area contributed by atoms with Gasteiger partial charge in [0.15, 0.2) is 0 Å². The first-order valence-corrected chi connectivity index (χ1v) is 6.98. The number of morpholine rings is 1. The smallest absolute Gasteiger partial charge is 0.127 e. The summed E-state index contributed by atoms with van der Waals surface area (Å²) in [6.45, 7) is 7.13. The van der Waals surface area contributed by atoms with Crippen molar-refractivity contribution in [3.05, 3.63) is 0 Å². The predicted octanol–water partition coefficient (Wildman–Crippen LogP) is 2.25. The normalized spacial score (nSPS) is 34.5. The number of nitrogens with zero attached hydrogens (tertiary/aromatic N) is 1. The van der Waals surface area contributed by atoms with Gasteiger partial charge in [-0.2, -0.15) is 0 Å². The number of carbonyl (C=O) groups is 1. The second-order valence-corrected chi connectivity index (χ2v) is 5.99. The van der Waals surface area contributed by atoms with Crippen LogP contribution >= 0.6 is 0 Å². The van der Waals surface area contributed by atoms with Gasteiger partial charge in [0.25, 0.3) is 0 Å². The van der Waals surface area contributed by atoms with E-state index in [1.165, 1.54) is 25.5 Å². The Hall–Kier alpha value is -0.410. The van der Waals surface area contributed by atoms with Crippen LogP contribution in [-0.4, -0.2) is 43.0 Å². The van der Waals surface area contributed by atoms with Crippen molar-refractivity contribution in [2.45, 2.75) is 58.2 Å². The average molecular weight is 239 g/mol. The molecule has 0 N–H and O–H groups in total. The Labute approximate surface area is 105 Å². The maximum Gasteiger partial charge on any atom is 0.127 e. The first kappa shape index (κ1) is 13.0. The molecule has 1 saturated carbocycles. The molecule has 2 aliphatic rings. The molecular formula is C14H25NO2. The first-order valence-electron chi connectivity index (χ1n) is 6.98. The van der Waals surface area contributed by atoms with Crippen LogP contribution in [0.3, 0.4) is 0 Å². The fourth-order valence-corrected chi connectivity index (χ4v) is 3.43. The number of aldehydes is 1. The standard InChI is InChI=1S/C14H25NO2/c1-12-8-15(9-13(2)17-12)10-14(11-16)6-4-3-5-7-14/h11-13H,3-10H2,1-2H3/t12-,13+. The molecule has 0 unspecified atom stereocenters. The zero-order valence-electron chi connectivity index (χ0n) is 11.2. The summed E-state index contributed by atoms with van der Waals surface area (Å²) in [5, 5.41) is 0. The van der Waals surface area contributed by atoms with E-state index in [1.807, 2.05) is 0 Å². The third-order valence-electron chi connectivity index (χ3n) is 4.13. The van der Waals surface area contributed by atoms with Crippen LogP contribution in [-0.2, 0) is 9.53 Å². The van der Waals surface area contributed by atoms with E-state index in [2.05, 4.69) is 18.7 Å². The van der Waals surface area contributed by atoms with Crippen molar-refractivity contribution < 1.29 is 9.53 Å². The fraction of sp³-hybridized carbons (Fsp3) is 0.929. The molecule has 0 bridgehead atoms. The largest absolute Gasteiger partial charge is 0.373 e. The molecule has 1 saturated heterocycles. The van der Waals surface area contributed by atoms with Gasteiger partial charge in [-0.3, -0.25) is 4.90 Å². The lowest BCUT2D eigenvalue weighted by Gasteiger charge is -2.41. The Bertz CT molecular complexity index is 251. The summed E-state index contributed by atoms with van der Waals surface area (Å²) in [6.07, 6.45) is 7.72. The van der Waals surface area contributed by atoms with E-state index in [1.54, 1.807) is 0 Å². The van der Waals surface area contributed by atoms with E-state index < -0.39 is 0 Å². The van der Waals surface area contributed by atoms with Gasteiger partial charge in [-0.05, 0) is 26.7 Å². The second kappa shape index (κ2) is 5.49. The van der Waals surface area contributed by atoms with Crippen LogP contribution < -0.4 is 0 Å². The van der Waals surface area contributed by atoms with E-state index in [4.69, 9.17) is 4.74 Å². The van der Waals surface area contributed by atoms with Crippen molar-refractivity contribution in [1.82, 2.24) is 4.90 Å². The van der Waals surface area contributed by atoms with Gasteiger partial charge in [-0.25, -0.2) is 0 Å². The van der Waals surface area contributed by atoms with Crippen LogP contribution in [0.25, 0.3) is 0 Å². The lowest BCUT2D eigenvalue weighted by atomic mass is 9.74. The van der Waals surface area contributed by atoms with Crippen molar-refractivity contribution in [3.8, 4) is 0 Å². The summed E-state index contributed by atoms with van der Waals surface area (Å²) in [6, 6.07) is 0. The molecule has 1 aliphatic carbocycles.